The fraction of sp³-hybridized carbons (Fsp3) is 0.588. The number of halogens is 1. The molecule has 5 heteroatoms. The van der Waals surface area contributed by atoms with Crippen molar-refractivity contribution in [3.8, 4) is 5.75 Å². The Hall–Kier alpha value is -0.910. The third-order valence-corrected chi connectivity index (χ3v) is 5.50. The van der Waals surface area contributed by atoms with E-state index in [4.69, 9.17) is 9.47 Å². The summed E-state index contributed by atoms with van der Waals surface area (Å²) in [6.45, 7) is 3.09. The molecule has 2 aliphatic rings. The first-order chi connectivity index (χ1) is 10.7. The second-order valence-electron chi connectivity index (χ2n) is 6.04. The monoisotopic (exact) mass is 367 g/mol. The van der Waals surface area contributed by atoms with Gasteiger partial charge in [-0.05, 0) is 36.6 Å². The number of ketones is 1. The number of carbonyl (C=O) groups excluding carboxylic acids is 1. The van der Waals surface area contributed by atoms with Gasteiger partial charge in [0, 0.05) is 35.9 Å². The van der Waals surface area contributed by atoms with E-state index >= 15 is 0 Å². The van der Waals surface area contributed by atoms with Crippen molar-refractivity contribution in [1.82, 2.24) is 4.90 Å². The lowest BCUT2D eigenvalue weighted by atomic mass is 9.95. The molecule has 1 saturated heterocycles. The molecule has 120 valence electrons. The summed E-state index contributed by atoms with van der Waals surface area (Å²) >= 11 is 3.62. The Labute approximate surface area is 139 Å². The highest BCUT2D eigenvalue weighted by atomic mass is 79.9. The molecule has 4 nitrogen and oxygen atoms in total. The quantitative estimate of drug-likeness (QED) is 0.819. The van der Waals surface area contributed by atoms with Crippen molar-refractivity contribution in [1.29, 1.82) is 0 Å². The van der Waals surface area contributed by atoms with E-state index in [0.29, 0.717) is 12.4 Å². The fourth-order valence-electron chi connectivity index (χ4n) is 3.49. The summed E-state index contributed by atoms with van der Waals surface area (Å²) in [4.78, 5) is 14.5. The number of ether oxygens (including phenoxy) is 2. The first-order valence-corrected chi connectivity index (χ1v) is 8.65. The minimum absolute atomic E-state index is 0.143. The normalized spacial score (nSPS) is 26.4. The maximum Gasteiger partial charge on any atom is 0.137 e. The Morgan fingerprint density at radius 3 is 3.05 bits per heavy atom. The van der Waals surface area contributed by atoms with Crippen molar-refractivity contribution < 1.29 is 14.3 Å². The molecule has 1 aliphatic heterocycles. The van der Waals surface area contributed by atoms with E-state index in [9.17, 15) is 4.79 Å². The zero-order valence-corrected chi connectivity index (χ0v) is 14.5. The molecule has 22 heavy (non-hydrogen) atoms. The number of benzene rings is 1. The van der Waals surface area contributed by atoms with Gasteiger partial charge in [-0.1, -0.05) is 15.9 Å². The van der Waals surface area contributed by atoms with E-state index in [1.807, 2.05) is 12.1 Å². The molecule has 1 saturated carbocycles. The van der Waals surface area contributed by atoms with Crippen LogP contribution in [0, 0.1) is 5.92 Å². The van der Waals surface area contributed by atoms with Crippen LogP contribution in [0.2, 0.25) is 0 Å². The smallest absolute Gasteiger partial charge is 0.137 e. The molecular formula is C17H22BrNO3. The molecule has 0 spiro atoms. The Balaban J connectivity index is 1.78. The molecule has 1 aromatic carbocycles. The second-order valence-corrected chi connectivity index (χ2v) is 6.89. The predicted octanol–water partition coefficient (Wildman–Crippen LogP) is 3.03. The number of hydrogen-bond acceptors (Lipinski definition) is 4. The van der Waals surface area contributed by atoms with Crippen molar-refractivity contribution >= 4 is 21.7 Å². The van der Waals surface area contributed by atoms with Crippen LogP contribution < -0.4 is 4.74 Å². The van der Waals surface area contributed by atoms with Crippen molar-refractivity contribution in [3.05, 3.63) is 28.2 Å². The Morgan fingerprint density at radius 2 is 2.32 bits per heavy atom. The van der Waals surface area contributed by atoms with E-state index < -0.39 is 0 Å². The van der Waals surface area contributed by atoms with E-state index in [2.05, 4.69) is 26.9 Å². The highest BCUT2D eigenvalue weighted by Crippen LogP contribution is 2.31. The summed E-state index contributed by atoms with van der Waals surface area (Å²) in [6.07, 6.45) is 2.76. The van der Waals surface area contributed by atoms with Gasteiger partial charge >= 0.3 is 0 Å². The van der Waals surface area contributed by atoms with Crippen LogP contribution in [0.1, 0.15) is 24.8 Å². The van der Waals surface area contributed by atoms with Crippen molar-refractivity contribution in [2.75, 3.05) is 26.9 Å². The second kappa shape index (κ2) is 7.11. The minimum atomic E-state index is 0.143. The van der Waals surface area contributed by atoms with Crippen LogP contribution in [0.5, 0.6) is 5.75 Å². The average molecular weight is 368 g/mol. The molecule has 2 fully saturated rings. The summed E-state index contributed by atoms with van der Waals surface area (Å²) in [5.74, 6) is 1.41. The zero-order chi connectivity index (χ0) is 15.5. The summed E-state index contributed by atoms with van der Waals surface area (Å²) in [6, 6.07) is 6.24. The largest absolute Gasteiger partial charge is 0.497 e. The Morgan fingerprint density at radius 1 is 1.45 bits per heavy atom. The Bertz CT molecular complexity index is 549. The number of methoxy groups -OCH3 is 1. The molecule has 2 atom stereocenters. The molecule has 0 N–H and O–H groups in total. The lowest BCUT2D eigenvalue weighted by Crippen LogP contribution is -2.49. The highest BCUT2D eigenvalue weighted by Gasteiger charge is 2.37. The van der Waals surface area contributed by atoms with E-state index in [0.717, 1.165) is 49.2 Å². The maximum atomic E-state index is 12.1. The highest BCUT2D eigenvalue weighted by molar-refractivity contribution is 9.10. The van der Waals surface area contributed by atoms with Crippen LogP contribution in [0.4, 0.5) is 0 Å². The molecule has 3 rings (SSSR count). The van der Waals surface area contributed by atoms with Crippen LogP contribution >= 0.6 is 15.9 Å². The first-order valence-electron chi connectivity index (χ1n) is 7.86. The minimum Gasteiger partial charge on any atom is -0.497 e. The zero-order valence-electron chi connectivity index (χ0n) is 12.9. The first kappa shape index (κ1) is 16.0. The van der Waals surface area contributed by atoms with E-state index in [-0.39, 0.29) is 12.0 Å². The van der Waals surface area contributed by atoms with Crippen molar-refractivity contribution in [2.45, 2.75) is 31.8 Å². The number of carbonyl (C=O) groups is 1. The molecule has 1 heterocycles. The van der Waals surface area contributed by atoms with Crippen LogP contribution in [0.15, 0.2) is 22.7 Å². The van der Waals surface area contributed by atoms with Gasteiger partial charge in [-0.15, -0.1) is 0 Å². The number of nitrogens with zero attached hydrogens (tertiary/aromatic N) is 1. The number of hydrogen-bond donors (Lipinski definition) is 0. The molecule has 0 aromatic heterocycles. The van der Waals surface area contributed by atoms with Crippen LogP contribution in [0.25, 0.3) is 0 Å². The van der Waals surface area contributed by atoms with Crippen LogP contribution in [0.3, 0.4) is 0 Å². The third kappa shape index (κ3) is 3.36. The van der Waals surface area contributed by atoms with E-state index in [1.165, 1.54) is 5.56 Å². The average Bonchev–Trinajstić information content (AvgIpc) is 2.96. The van der Waals surface area contributed by atoms with Crippen molar-refractivity contribution in [2.24, 2.45) is 5.92 Å². The predicted molar refractivity (Wildman–Crippen MR) is 88.1 cm³/mol. The standard InChI is InChI=1S/C17H22BrNO3/c1-21-13-5-6-15(18)12(9-13)10-19-7-8-22-11-16(19)14-3-2-4-17(14)20/h5-6,9,14,16H,2-4,7-8,10-11H2,1H3. The van der Waals surface area contributed by atoms with Gasteiger partial charge in [-0.3, -0.25) is 9.69 Å². The molecule has 1 aliphatic carbocycles. The summed E-state index contributed by atoms with van der Waals surface area (Å²) in [7, 11) is 1.68. The fourth-order valence-corrected chi connectivity index (χ4v) is 3.86. The Kier molecular flexibility index (Phi) is 5.16. The summed E-state index contributed by atoms with van der Waals surface area (Å²) in [5.41, 5.74) is 1.19. The van der Waals surface area contributed by atoms with Gasteiger partial charge in [0.1, 0.15) is 11.5 Å². The molecule has 0 amide bonds. The topological polar surface area (TPSA) is 38.8 Å². The van der Waals surface area contributed by atoms with Gasteiger partial charge in [-0.25, -0.2) is 0 Å². The molecular weight excluding hydrogens is 346 g/mol. The van der Waals surface area contributed by atoms with Gasteiger partial charge in [-0.2, -0.15) is 0 Å². The van der Waals surface area contributed by atoms with Crippen LogP contribution in [-0.2, 0) is 16.1 Å². The van der Waals surface area contributed by atoms with Gasteiger partial charge < -0.3 is 9.47 Å². The number of Topliss-reactive ketones (excluding diaryl/α,β-unsaturated/α-hetero) is 1. The molecule has 0 radical (unpaired) electrons. The van der Waals surface area contributed by atoms with Crippen molar-refractivity contribution in [3.63, 3.8) is 0 Å². The van der Waals surface area contributed by atoms with Gasteiger partial charge in [0.15, 0.2) is 0 Å². The molecule has 1 aromatic rings. The van der Waals surface area contributed by atoms with Gasteiger partial charge in [0.2, 0.25) is 0 Å². The lowest BCUT2D eigenvalue weighted by molar-refractivity contribution is -0.125. The summed E-state index contributed by atoms with van der Waals surface area (Å²) in [5, 5.41) is 0. The SMILES string of the molecule is COc1ccc(Br)c(CN2CCOCC2C2CCCC2=O)c1. The summed E-state index contributed by atoms with van der Waals surface area (Å²) < 4.78 is 12.1. The third-order valence-electron chi connectivity index (χ3n) is 4.72. The van der Waals surface area contributed by atoms with E-state index in [1.54, 1.807) is 7.11 Å². The number of rotatable bonds is 4. The van der Waals surface area contributed by atoms with Gasteiger partial charge in [0.25, 0.3) is 0 Å². The number of morpholine rings is 1. The molecule has 0 bridgehead atoms. The van der Waals surface area contributed by atoms with Gasteiger partial charge in [0.05, 0.1) is 20.3 Å². The molecule has 2 unspecified atom stereocenters. The van der Waals surface area contributed by atoms with Crippen LogP contribution in [-0.4, -0.2) is 43.6 Å². The lowest BCUT2D eigenvalue weighted by Gasteiger charge is -2.38. The maximum absolute atomic E-state index is 12.1.